The predicted octanol–water partition coefficient (Wildman–Crippen LogP) is 9.29. The average molecular weight is 587 g/mol. The van der Waals surface area contributed by atoms with E-state index in [2.05, 4.69) is 26.0 Å². The molecule has 0 aliphatic rings. The van der Waals surface area contributed by atoms with E-state index in [0.717, 1.165) is 28.2 Å². The topological polar surface area (TPSA) is 71.1 Å². The molecule has 0 aliphatic heterocycles. The summed E-state index contributed by atoms with van der Waals surface area (Å²) >= 11 is 0. The maximum atomic E-state index is 10.9. The minimum atomic E-state index is -0.313. The number of benzene rings is 4. The van der Waals surface area contributed by atoms with Gasteiger partial charge in [0.15, 0.2) is 0 Å². The molecule has 0 heterocycles. The van der Waals surface area contributed by atoms with Gasteiger partial charge in [0, 0.05) is 19.3 Å². The Morgan fingerprint density at radius 1 is 0.465 bits per heavy atom. The van der Waals surface area contributed by atoms with Crippen molar-refractivity contribution in [2.45, 2.75) is 60.8 Å². The zero-order valence-corrected chi connectivity index (χ0v) is 27.2. The van der Waals surface area contributed by atoms with E-state index in [9.17, 15) is 9.59 Å². The van der Waals surface area contributed by atoms with E-state index in [0.29, 0.717) is 11.5 Å². The molecule has 0 fully saturated rings. The second-order valence-corrected chi connectivity index (χ2v) is 9.32. The molecule has 230 valence electrons. The zero-order valence-electron chi connectivity index (χ0n) is 27.2. The van der Waals surface area contributed by atoms with Crippen molar-refractivity contribution in [1.29, 1.82) is 0 Å². The summed E-state index contributed by atoms with van der Waals surface area (Å²) in [4.78, 5) is 21.7. The molecule has 0 amide bonds. The average Bonchev–Trinajstić information content (AvgIpc) is 3.03. The lowest BCUT2D eigenvalue weighted by Crippen LogP contribution is -2.18. The Labute approximate surface area is 257 Å². The Morgan fingerprint density at radius 3 is 1.00 bits per heavy atom. The number of esters is 2. The van der Waals surface area contributed by atoms with Crippen LogP contribution in [-0.4, -0.2) is 26.2 Å². The maximum absolute atomic E-state index is 10.9. The molecule has 6 nitrogen and oxygen atoms in total. The summed E-state index contributed by atoms with van der Waals surface area (Å²) in [6.07, 6.45) is 0. The molecule has 0 N–H and O–H groups in total. The first-order chi connectivity index (χ1) is 20.6. The number of ether oxygens (including phenoxy) is 4. The number of hydrogen-bond donors (Lipinski definition) is 0. The summed E-state index contributed by atoms with van der Waals surface area (Å²) in [7, 11) is 3.30. The Balaban J connectivity index is 0.000000389. The lowest BCUT2D eigenvalue weighted by atomic mass is 9.78. The summed E-state index contributed by atoms with van der Waals surface area (Å²) in [5, 5.41) is 0. The largest absolute Gasteiger partial charge is 0.497 e. The number of carbonyl (C=O) groups excluding carboxylic acids is 2. The quantitative estimate of drug-likeness (QED) is 0.159. The predicted molar refractivity (Wildman–Crippen MR) is 175 cm³/mol. The van der Waals surface area contributed by atoms with Gasteiger partial charge in [-0.25, -0.2) is 0 Å². The first-order valence-electron chi connectivity index (χ1n) is 14.5. The molecule has 0 bridgehead atoms. The molecule has 0 radical (unpaired) electrons. The molecule has 43 heavy (non-hydrogen) atoms. The van der Waals surface area contributed by atoms with Gasteiger partial charge >= 0.3 is 11.9 Å². The molecule has 0 aromatic heterocycles. The molecule has 0 saturated heterocycles. The Morgan fingerprint density at radius 2 is 0.721 bits per heavy atom. The van der Waals surface area contributed by atoms with Crippen molar-refractivity contribution in [1.82, 2.24) is 0 Å². The van der Waals surface area contributed by atoms with Crippen molar-refractivity contribution in [3.63, 3.8) is 0 Å². The highest BCUT2D eigenvalue weighted by Gasteiger charge is 2.23. The van der Waals surface area contributed by atoms with E-state index in [1.165, 1.54) is 19.4 Å². The van der Waals surface area contributed by atoms with Crippen LogP contribution in [0, 0.1) is 0 Å². The van der Waals surface area contributed by atoms with E-state index in [1.54, 1.807) is 26.4 Å². The molecule has 0 aliphatic carbocycles. The molecule has 4 aromatic carbocycles. The Hall–Kier alpha value is -4.58. The van der Waals surface area contributed by atoms with E-state index in [1.807, 2.05) is 100 Å². The van der Waals surface area contributed by atoms with Crippen molar-refractivity contribution in [2.75, 3.05) is 14.2 Å². The van der Waals surface area contributed by atoms with Gasteiger partial charge in [0.25, 0.3) is 0 Å². The first-order valence-corrected chi connectivity index (χ1v) is 14.5. The van der Waals surface area contributed by atoms with E-state index < -0.39 is 0 Å². The van der Waals surface area contributed by atoms with Crippen LogP contribution in [0.4, 0.5) is 0 Å². The standard InChI is InChI=1S/C18H20O3.C15H14O3.2C2H6/c1-13(19)21-17-11-7-15(8-12-17)18(2,3)14-5-9-16(20-4)10-6-14;1-11(16)18-15-9-5-13(6-10-15)12-3-7-14(17-2)8-4-12;2*1-2/h5-12H,1-4H3;3-10H,1-2H3;2*1-2H3. The zero-order chi connectivity index (χ0) is 32.4. The summed E-state index contributed by atoms with van der Waals surface area (Å²) in [5.41, 5.74) is 4.37. The first kappa shape index (κ1) is 36.4. The Bertz CT molecular complexity index is 1360. The highest BCUT2D eigenvalue weighted by Crippen LogP contribution is 2.33. The van der Waals surface area contributed by atoms with Crippen molar-refractivity contribution in [3.8, 4) is 34.1 Å². The van der Waals surface area contributed by atoms with Gasteiger partial charge in [0.2, 0.25) is 0 Å². The molecule has 4 rings (SSSR count). The molecular weight excluding hydrogens is 540 g/mol. The fourth-order valence-corrected chi connectivity index (χ4v) is 3.94. The van der Waals surface area contributed by atoms with Gasteiger partial charge in [0.05, 0.1) is 14.2 Å². The van der Waals surface area contributed by atoms with Gasteiger partial charge in [-0.2, -0.15) is 0 Å². The van der Waals surface area contributed by atoms with Gasteiger partial charge in [-0.05, 0) is 70.8 Å². The molecular formula is C37H46O6. The summed E-state index contributed by atoms with van der Waals surface area (Å²) in [6.45, 7) is 15.1. The number of hydrogen-bond acceptors (Lipinski definition) is 6. The van der Waals surface area contributed by atoms with E-state index in [-0.39, 0.29) is 17.4 Å². The van der Waals surface area contributed by atoms with Crippen LogP contribution < -0.4 is 18.9 Å². The highest BCUT2D eigenvalue weighted by atomic mass is 16.5. The van der Waals surface area contributed by atoms with Gasteiger partial charge in [0.1, 0.15) is 23.0 Å². The van der Waals surface area contributed by atoms with Crippen molar-refractivity contribution >= 4 is 11.9 Å². The third-order valence-electron chi connectivity index (χ3n) is 6.19. The minimum absolute atomic E-state index is 0.138. The highest BCUT2D eigenvalue weighted by molar-refractivity contribution is 5.70. The van der Waals surface area contributed by atoms with Gasteiger partial charge in [-0.3, -0.25) is 9.59 Å². The second kappa shape index (κ2) is 18.8. The molecule has 4 aromatic rings. The summed E-state index contributed by atoms with van der Waals surface area (Å²) < 4.78 is 20.3. The molecule has 0 unspecified atom stereocenters. The van der Waals surface area contributed by atoms with Gasteiger partial charge in [-0.15, -0.1) is 0 Å². The fraction of sp³-hybridized carbons (Fsp3) is 0.297. The van der Waals surface area contributed by atoms with Crippen LogP contribution in [0.1, 0.15) is 66.5 Å². The molecule has 0 saturated carbocycles. The lowest BCUT2D eigenvalue weighted by Gasteiger charge is -2.26. The third-order valence-corrected chi connectivity index (χ3v) is 6.19. The van der Waals surface area contributed by atoms with E-state index in [4.69, 9.17) is 18.9 Å². The lowest BCUT2D eigenvalue weighted by molar-refractivity contribution is -0.132. The Kier molecular flexibility index (Phi) is 15.9. The van der Waals surface area contributed by atoms with Crippen LogP contribution in [0.25, 0.3) is 11.1 Å². The van der Waals surface area contributed by atoms with Crippen molar-refractivity contribution in [3.05, 3.63) is 108 Å². The number of carbonyl (C=O) groups is 2. The minimum Gasteiger partial charge on any atom is -0.497 e. The van der Waals surface area contributed by atoms with Gasteiger partial charge < -0.3 is 18.9 Å². The SMILES string of the molecule is CC.CC.COc1ccc(-c2ccc(OC(C)=O)cc2)cc1.COc1ccc(C(C)(C)c2ccc(OC(C)=O)cc2)cc1. The van der Waals surface area contributed by atoms with Crippen LogP contribution in [-0.2, 0) is 15.0 Å². The number of rotatable bonds is 7. The van der Waals surface area contributed by atoms with Crippen LogP contribution in [0.15, 0.2) is 97.1 Å². The van der Waals surface area contributed by atoms with Crippen LogP contribution in [0.3, 0.4) is 0 Å². The van der Waals surface area contributed by atoms with Crippen LogP contribution in [0.2, 0.25) is 0 Å². The maximum Gasteiger partial charge on any atom is 0.308 e. The van der Waals surface area contributed by atoms with Gasteiger partial charge in [-0.1, -0.05) is 90.1 Å². The monoisotopic (exact) mass is 586 g/mol. The normalized spacial score (nSPS) is 9.81. The second-order valence-electron chi connectivity index (χ2n) is 9.32. The third kappa shape index (κ3) is 11.7. The van der Waals surface area contributed by atoms with E-state index >= 15 is 0 Å². The molecule has 6 heteroatoms. The molecule has 0 atom stereocenters. The smallest absolute Gasteiger partial charge is 0.308 e. The van der Waals surface area contributed by atoms with Crippen molar-refractivity contribution < 1.29 is 28.5 Å². The van der Waals surface area contributed by atoms with Crippen molar-refractivity contribution in [2.24, 2.45) is 0 Å². The number of methoxy groups -OCH3 is 2. The van der Waals surface area contributed by atoms with Crippen LogP contribution >= 0.6 is 0 Å². The molecule has 0 spiro atoms. The fourth-order valence-electron chi connectivity index (χ4n) is 3.94. The summed E-state index contributed by atoms with van der Waals surface area (Å²) in [6, 6.07) is 30.9. The van der Waals surface area contributed by atoms with Crippen LogP contribution in [0.5, 0.6) is 23.0 Å². The summed E-state index contributed by atoms with van der Waals surface area (Å²) in [5.74, 6) is 2.18.